The summed E-state index contributed by atoms with van der Waals surface area (Å²) in [5, 5.41) is 17.8. The Morgan fingerprint density at radius 2 is 2.24 bits per heavy atom. The fraction of sp³-hybridized carbons (Fsp3) is 0.800. The van der Waals surface area contributed by atoms with Gasteiger partial charge < -0.3 is 10.4 Å². The number of aliphatic hydroxyl groups is 1. The van der Waals surface area contributed by atoms with Crippen LogP contribution in [0.5, 0.6) is 0 Å². The van der Waals surface area contributed by atoms with E-state index in [2.05, 4.69) is 15.3 Å². The molecule has 2 heterocycles. The average Bonchev–Trinajstić information content (AvgIpc) is 3.01. The minimum Gasteiger partial charge on any atom is -0.395 e. The van der Waals surface area contributed by atoms with E-state index in [1.807, 2.05) is 14.0 Å². The van der Waals surface area contributed by atoms with Crippen LogP contribution in [0, 0.1) is 6.92 Å². The first-order valence-corrected chi connectivity index (χ1v) is 8.25. The molecule has 1 fully saturated rings. The summed E-state index contributed by atoms with van der Waals surface area (Å²) < 4.78 is 1.72. The third kappa shape index (κ3) is 4.42. The normalized spacial score (nSPS) is 19.5. The fourth-order valence-corrected chi connectivity index (χ4v) is 3.29. The van der Waals surface area contributed by atoms with Crippen molar-refractivity contribution in [3.63, 3.8) is 0 Å². The van der Waals surface area contributed by atoms with Crippen molar-refractivity contribution >= 4 is 11.6 Å². The van der Waals surface area contributed by atoms with Crippen LogP contribution < -0.4 is 5.32 Å². The van der Waals surface area contributed by atoms with E-state index in [-0.39, 0.29) is 0 Å². The summed E-state index contributed by atoms with van der Waals surface area (Å²) in [6, 6.07) is 0.398. The monoisotopic (exact) mass is 314 g/mol. The highest BCUT2D eigenvalue weighted by molar-refractivity contribution is 6.30. The Morgan fingerprint density at radius 3 is 2.90 bits per heavy atom. The van der Waals surface area contributed by atoms with Crippen molar-refractivity contribution in [1.29, 1.82) is 0 Å². The van der Waals surface area contributed by atoms with Crippen LogP contribution in [0.4, 0.5) is 0 Å². The van der Waals surface area contributed by atoms with Gasteiger partial charge in [0.1, 0.15) is 5.15 Å². The molecule has 1 aromatic rings. The van der Waals surface area contributed by atoms with Crippen LogP contribution in [0.25, 0.3) is 0 Å². The molecular weight excluding hydrogens is 288 g/mol. The number of aryl methyl sites for hydroxylation is 2. The van der Waals surface area contributed by atoms with Crippen LogP contribution in [0.1, 0.15) is 36.9 Å². The van der Waals surface area contributed by atoms with Crippen molar-refractivity contribution < 1.29 is 5.11 Å². The Bertz CT molecular complexity index is 449. The number of nitrogens with zero attached hydrogens (tertiary/aromatic N) is 3. The molecule has 21 heavy (non-hydrogen) atoms. The number of aromatic nitrogens is 2. The van der Waals surface area contributed by atoms with Gasteiger partial charge in [-0.3, -0.25) is 9.58 Å². The van der Waals surface area contributed by atoms with Crippen molar-refractivity contribution in [1.82, 2.24) is 20.0 Å². The molecule has 0 aromatic carbocycles. The summed E-state index contributed by atoms with van der Waals surface area (Å²) in [4.78, 5) is 2.42. The van der Waals surface area contributed by atoms with Gasteiger partial charge in [-0.25, -0.2) is 0 Å². The predicted molar refractivity (Wildman–Crippen MR) is 85.6 cm³/mol. The third-order valence-electron chi connectivity index (χ3n) is 4.33. The number of unbranched alkanes of at least 4 members (excludes halogenated alkanes) is 1. The van der Waals surface area contributed by atoms with Gasteiger partial charge in [0.25, 0.3) is 0 Å². The summed E-state index contributed by atoms with van der Waals surface area (Å²) in [5.74, 6) is 0. The number of rotatable bonds is 8. The molecule has 2 rings (SSSR count). The molecule has 0 radical (unpaired) electrons. The van der Waals surface area contributed by atoms with E-state index in [0.29, 0.717) is 12.6 Å². The summed E-state index contributed by atoms with van der Waals surface area (Å²) >= 11 is 6.20. The molecule has 0 aliphatic carbocycles. The second kappa shape index (κ2) is 8.13. The molecule has 120 valence electrons. The molecule has 1 atom stereocenters. The molecule has 1 aromatic heterocycles. The van der Waals surface area contributed by atoms with Gasteiger partial charge in [0.15, 0.2) is 0 Å². The zero-order valence-corrected chi connectivity index (χ0v) is 13.9. The molecule has 1 aliphatic heterocycles. The Kier molecular flexibility index (Phi) is 6.48. The predicted octanol–water partition coefficient (Wildman–Crippen LogP) is 1.71. The molecule has 6 heteroatoms. The number of likely N-dealkylation sites (tertiary alicyclic amines) is 1. The quantitative estimate of drug-likeness (QED) is 0.717. The van der Waals surface area contributed by atoms with Crippen LogP contribution in [-0.2, 0) is 13.6 Å². The number of hydrogen-bond donors (Lipinski definition) is 2. The van der Waals surface area contributed by atoms with E-state index >= 15 is 0 Å². The van der Waals surface area contributed by atoms with E-state index < -0.39 is 0 Å². The summed E-state index contributed by atoms with van der Waals surface area (Å²) in [5.41, 5.74) is 2.09. The van der Waals surface area contributed by atoms with Crippen molar-refractivity contribution in [2.45, 2.75) is 45.2 Å². The van der Waals surface area contributed by atoms with Gasteiger partial charge in [0, 0.05) is 25.2 Å². The number of hydrogen-bond acceptors (Lipinski definition) is 4. The van der Waals surface area contributed by atoms with Crippen LogP contribution in [-0.4, -0.2) is 52.1 Å². The summed E-state index contributed by atoms with van der Waals surface area (Å²) in [7, 11) is 1.87. The molecule has 1 unspecified atom stereocenters. The standard InChI is InChI=1S/C15H27ClN4O/c1-12-14(15(16)19(2)18-12)10-17-7-3-4-8-20-9-5-6-13(20)11-21/h13,17,21H,3-11H2,1-2H3. The van der Waals surface area contributed by atoms with Crippen molar-refractivity contribution in [3.8, 4) is 0 Å². The maximum Gasteiger partial charge on any atom is 0.131 e. The van der Waals surface area contributed by atoms with Crippen LogP contribution >= 0.6 is 11.6 Å². The van der Waals surface area contributed by atoms with E-state index in [1.54, 1.807) is 4.68 Å². The maximum absolute atomic E-state index is 9.28. The lowest BCUT2D eigenvalue weighted by Crippen LogP contribution is -2.33. The average molecular weight is 315 g/mol. The van der Waals surface area contributed by atoms with Crippen molar-refractivity contribution in [2.24, 2.45) is 7.05 Å². The lowest BCUT2D eigenvalue weighted by Gasteiger charge is -2.22. The van der Waals surface area contributed by atoms with E-state index in [4.69, 9.17) is 11.6 Å². The molecule has 0 spiro atoms. The Hall–Kier alpha value is -0.620. The van der Waals surface area contributed by atoms with Gasteiger partial charge in [-0.15, -0.1) is 0 Å². The minimum absolute atomic E-state index is 0.303. The summed E-state index contributed by atoms with van der Waals surface area (Å²) in [6.07, 6.45) is 4.69. The molecule has 1 saturated heterocycles. The van der Waals surface area contributed by atoms with E-state index in [0.717, 1.165) is 55.4 Å². The number of halogens is 1. The second-order valence-electron chi connectivity index (χ2n) is 5.88. The Morgan fingerprint density at radius 1 is 1.43 bits per heavy atom. The largest absolute Gasteiger partial charge is 0.395 e. The molecule has 5 nitrogen and oxygen atoms in total. The molecule has 1 aliphatic rings. The second-order valence-corrected chi connectivity index (χ2v) is 6.23. The van der Waals surface area contributed by atoms with Crippen LogP contribution in [0.3, 0.4) is 0 Å². The van der Waals surface area contributed by atoms with Gasteiger partial charge in [-0.05, 0) is 52.2 Å². The van der Waals surface area contributed by atoms with Gasteiger partial charge in [-0.2, -0.15) is 5.10 Å². The highest BCUT2D eigenvalue weighted by Gasteiger charge is 2.22. The zero-order chi connectivity index (χ0) is 15.2. The first-order valence-electron chi connectivity index (χ1n) is 7.87. The lowest BCUT2D eigenvalue weighted by atomic mass is 10.2. The SMILES string of the molecule is Cc1nn(C)c(Cl)c1CNCCCCN1CCCC1CO. The van der Waals surface area contributed by atoms with Crippen molar-refractivity contribution in [3.05, 3.63) is 16.4 Å². The molecular formula is C15H27ClN4O. The molecule has 0 bridgehead atoms. The molecule has 0 amide bonds. The Balaban J connectivity index is 1.60. The van der Waals surface area contributed by atoms with Gasteiger partial charge in [0.2, 0.25) is 0 Å². The van der Waals surface area contributed by atoms with E-state index in [9.17, 15) is 5.11 Å². The number of nitrogens with one attached hydrogen (secondary N) is 1. The zero-order valence-electron chi connectivity index (χ0n) is 13.1. The highest BCUT2D eigenvalue weighted by Crippen LogP contribution is 2.18. The molecule has 2 N–H and O–H groups in total. The van der Waals surface area contributed by atoms with Crippen LogP contribution in [0.2, 0.25) is 5.15 Å². The number of aliphatic hydroxyl groups excluding tert-OH is 1. The first-order chi connectivity index (χ1) is 10.1. The van der Waals surface area contributed by atoms with Gasteiger partial charge >= 0.3 is 0 Å². The topological polar surface area (TPSA) is 53.3 Å². The van der Waals surface area contributed by atoms with Crippen LogP contribution in [0.15, 0.2) is 0 Å². The summed E-state index contributed by atoms with van der Waals surface area (Å²) in [6.45, 7) is 6.30. The highest BCUT2D eigenvalue weighted by atomic mass is 35.5. The minimum atomic E-state index is 0.303. The van der Waals surface area contributed by atoms with Crippen molar-refractivity contribution in [2.75, 3.05) is 26.2 Å². The van der Waals surface area contributed by atoms with Gasteiger partial charge in [-0.1, -0.05) is 11.6 Å². The fourth-order valence-electron chi connectivity index (χ4n) is 3.05. The third-order valence-corrected chi connectivity index (χ3v) is 4.80. The Labute approximate surface area is 132 Å². The maximum atomic E-state index is 9.28. The van der Waals surface area contributed by atoms with Gasteiger partial charge in [0.05, 0.1) is 12.3 Å². The smallest absolute Gasteiger partial charge is 0.131 e. The van der Waals surface area contributed by atoms with E-state index in [1.165, 1.54) is 12.8 Å². The lowest BCUT2D eigenvalue weighted by molar-refractivity contribution is 0.157. The first kappa shape index (κ1) is 16.7. The molecule has 0 saturated carbocycles.